The van der Waals surface area contributed by atoms with Crippen molar-refractivity contribution < 1.29 is 4.79 Å². The molecule has 0 amide bonds. The third kappa shape index (κ3) is 6.30. The van der Waals surface area contributed by atoms with E-state index in [2.05, 4.69) is 11.9 Å². The van der Waals surface area contributed by atoms with Crippen LogP contribution in [0.25, 0.3) is 0 Å². The number of carbonyl (C=O) groups excluding carboxylic acids is 1. The molecule has 2 unspecified atom stereocenters. The predicted octanol–water partition coefficient (Wildman–Crippen LogP) is 2.59. The van der Waals surface area contributed by atoms with Crippen molar-refractivity contribution >= 4 is 12.5 Å². The van der Waals surface area contributed by atoms with E-state index in [-0.39, 0.29) is 12.0 Å². The SMILES string of the molecule is C=C/C=C(\C=N)C(CC=O)C(C)NC.CC. The number of hydrogen-bond acceptors (Lipinski definition) is 3. The molecule has 2 atom stereocenters. The van der Waals surface area contributed by atoms with Crippen molar-refractivity contribution in [3.8, 4) is 0 Å². The van der Waals surface area contributed by atoms with Gasteiger partial charge in [0.2, 0.25) is 0 Å². The first kappa shape index (κ1) is 17.2. The van der Waals surface area contributed by atoms with Crippen molar-refractivity contribution in [1.29, 1.82) is 5.41 Å². The molecule has 0 aromatic rings. The van der Waals surface area contributed by atoms with Crippen LogP contribution < -0.4 is 5.32 Å². The van der Waals surface area contributed by atoms with Crippen LogP contribution in [0, 0.1) is 11.3 Å². The lowest BCUT2D eigenvalue weighted by Crippen LogP contribution is -2.32. The number of nitrogens with one attached hydrogen (secondary N) is 2. The molecular formula is C13H24N2O. The molecular weight excluding hydrogens is 200 g/mol. The lowest BCUT2D eigenvalue weighted by atomic mass is 9.90. The van der Waals surface area contributed by atoms with Crippen molar-refractivity contribution in [2.45, 2.75) is 33.2 Å². The molecule has 0 rings (SSSR count). The fourth-order valence-electron chi connectivity index (χ4n) is 1.35. The second-order valence-corrected chi connectivity index (χ2v) is 3.13. The van der Waals surface area contributed by atoms with Gasteiger partial charge in [0, 0.05) is 24.6 Å². The molecule has 0 aliphatic rings. The Morgan fingerprint density at radius 1 is 1.50 bits per heavy atom. The van der Waals surface area contributed by atoms with E-state index >= 15 is 0 Å². The van der Waals surface area contributed by atoms with E-state index in [1.54, 1.807) is 12.2 Å². The number of rotatable bonds is 7. The van der Waals surface area contributed by atoms with Crippen LogP contribution in [0.5, 0.6) is 0 Å². The highest BCUT2D eigenvalue weighted by Gasteiger charge is 2.17. The predicted molar refractivity (Wildman–Crippen MR) is 71.1 cm³/mol. The first-order valence-corrected chi connectivity index (χ1v) is 5.65. The van der Waals surface area contributed by atoms with E-state index in [1.165, 1.54) is 6.21 Å². The zero-order valence-electron chi connectivity index (χ0n) is 10.8. The van der Waals surface area contributed by atoms with Gasteiger partial charge in [-0.2, -0.15) is 0 Å². The summed E-state index contributed by atoms with van der Waals surface area (Å²) in [7, 11) is 1.85. The minimum Gasteiger partial charge on any atom is -0.317 e. The van der Waals surface area contributed by atoms with Crippen LogP contribution in [0.3, 0.4) is 0 Å². The van der Waals surface area contributed by atoms with Gasteiger partial charge in [-0.1, -0.05) is 32.6 Å². The summed E-state index contributed by atoms with van der Waals surface area (Å²) in [5, 5.41) is 10.3. The van der Waals surface area contributed by atoms with Crippen molar-refractivity contribution in [3.05, 3.63) is 24.3 Å². The van der Waals surface area contributed by atoms with Crippen LogP contribution in [-0.4, -0.2) is 25.6 Å². The highest BCUT2D eigenvalue weighted by atomic mass is 16.1. The largest absolute Gasteiger partial charge is 0.317 e. The molecule has 3 nitrogen and oxygen atoms in total. The highest BCUT2D eigenvalue weighted by Crippen LogP contribution is 2.16. The molecule has 0 radical (unpaired) electrons. The summed E-state index contributed by atoms with van der Waals surface area (Å²) in [5.41, 5.74) is 0.828. The summed E-state index contributed by atoms with van der Waals surface area (Å²) in [6.07, 6.45) is 6.01. The Morgan fingerprint density at radius 2 is 2.06 bits per heavy atom. The molecule has 2 N–H and O–H groups in total. The van der Waals surface area contributed by atoms with Gasteiger partial charge in [0.1, 0.15) is 6.29 Å². The Labute approximate surface area is 99.1 Å². The molecule has 0 fully saturated rings. The number of allylic oxidation sites excluding steroid dienone is 2. The Balaban J connectivity index is 0. The van der Waals surface area contributed by atoms with Gasteiger partial charge < -0.3 is 15.5 Å². The van der Waals surface area contributed by atoms with E-state index in [1.807, 2.05) is 27.8 Å². The fraction of sp³-hybridized carbons (Fsp3) is 0.538. The van der Waals surface area contributed by atoms with Crippen LogP contribution in [0.1, 0.15) is 27.2 Å². The van der Waals surface area contributed by atoms with Gasteiger partial charge in [-0.15, -0.1) is 0 Å². The van der Waals surface area contributed by atoms with E-state index in [9.17, 15) is 4.79 Å². The van der Waals surface area contributed by atoms with E-state index in [0.717, 1.165) is 11.9 Å². The molecule has 0 spiro atoms. The van der Waals surface area contributed by atoms with Gasteiger partial charge in [-0.3, -0.25) is 0 Å². The smallest absolute Gasteiger partial charge is 0.120 e. The minimum absolute atomic E-state index is 0.0491. The van der Waals surface area contributed by atoms with Crippen LogP contribution in [-0.2, 0) is 4.79 Å². The maximum atomic E-state index is 10.5. The summed E-state index contributed by atoms with van der Waals surface area (Å²) in [5.74, 6) is 0.0491. The normalized spacial score (nSPS) is 14.1. The zero-order valence-corrected chi connectivity index (χ0v) is 10.8. The van der Waals surface area contributed by atoms with Crippen molar-refractivity contribution in [2.24, 2.45) is 5.92 Å². The molecule has 92 valence electrons. The molecule has 3 heteroatoms. The lowest BCUT2D eigenvalue weighted by Gasteiger charge is -2.22. The molecule has 16 heavy (non-hydrogen) atoms. The number of aldehydes is 1. The highest BCUT2D eigenvalue weighted by molar-refractivity contribution is 5.78. The van der Waals surface area contributed by atoms with Gasteiger partial charge in [0.05, 0.1) is 0 Å². The molecule has 0 heterocycles. The van der Waals surface area contributed by atoms with Crippen molar-refractivity contribution in [1.82, 2.24) is 5.32 Å². The number of carbonyl (C=O) groups is 1. The summed E-state index contributed by atoms with van der Waals surface area (Å²) in [6.45, 7) is 9.58. The van der Waals surface area contributed by atoms with E-state index < -0.39 is 0 Å². The molecule has 0 bridgehead atoms. The maximum Gasteiger partial charge on any atom is 0.120 e. The monoisotopic (exact) mass is 224 g/mol. The van der Waals surface area contributed by atoms with Crippen LogP contribution in [0.2, 0.25) is 0 Å². The van der Waals surface area contributed by atoms with Gasteiger partial charge >= 0.3 is 0 Å². The minimum atomic E-state index is 0.0491. The van der Waals surface area contributed by atoms with Crippen LogP contribution >= 0.6 is 0 Å². The summed E-state index contributed by atoms with van der Waals surface area (Å²) in [4.78, 5) is 10.5. The van der Waals surface area contributed by atoms with Gasteiger partial charge in [0.15, 0.2) is 0 Å². The second kappa shape index (κ2) is 11.9. The quantitative estimate of drug-likeness (QED) is 0.397. The van der Waals surface area contributed by atoms with Gasteiger partial charge in [-0.25, -0.2) is 0 Å². The maximum absolute atomic E-state index is 10.5. The van der Waals surface area contributed by atoms with Crippen LogP contribution in [0.4, 0.5) is 0 Å². The average molecular weight is 224 g/mol. The zero-order chi connectivity index (χ0) is 13.0. The van der Waals surface area contributed by atoms with E-state index in [4.69, 9.17) is 5.41 Å². The summed E-state index contributed by atoms with van der Waals surface area (Å²) < 4.78 is 0. The number of hydrogen-bond donors (Lipinski definition) is 2. The molecule has 0 aromatic carbocycles. The molecule has 0 aromatic heterocycles. The van der Waals surface area contributed by atoms with E-state index in [0.29, 0.717) is 6.42 Å². The molecule has 0 aliphatic heterocycles. The van der Waals surface area contributed by atoms with Gasteiger partial charge in [-0.05, 0) is 19.5 Å². The first-order chi connectivity index (χ1) is 7.71. The average Bonchev–Trinajstić information content (AvgIpc) is 2.35. The Morgan fingerprint density at radius 3 is 2.38 bits per heavy atom. The Kier molecular flexibility index (Phi) is 12.7. The molecule has 0 saturated carbocycles. The lowest BCUT2D eigenvalue weighted by molar-refractivity contribution is -0.108. The second-order valence-electron chi connectivity index (χ2n) is 3.13. The Bertz CT molecular complexity index is 234. The van der Waals surface area contributed by atoms with Crippen LogP contribution in [0.15, 0.2) is 24.3 Å². The summed E-state index contributed by atoms with van der Waals surface area (Å²) in [6, 6.07) is 0.174. The topological polar surface area (TPSA) is 53.0 Å². The molecule has 0 saturated heterocycles. The first-order valence-electron chi connectivity index (χ1n) is 5.65. The fourth-order valence-corrected chi connectivity index (χ4v) is 1.35. The standard InChI is InChI=1S/C11H18N2O.C2H6/c1-4-5-10(8-12)11(6-7-14)9(2)13-3;1-2/h4-5,7-9,11-13H,1,6H2,2-3H3;1-2H3/b10-5+,12-8?;. The van der Waals surface area contributed by atoms with Gasteiger partial charge in [0.25, 0.3) is 0 Å². The summed E-state index contributed by atoms with van der Waals surface area (Å²) >= 11 is 0. The third-order valence-corrected chi connectivity index (χ3v) is 2.31. The molecule has 0 aliphatic carbocycles. The van der Waals surface area contributed by atoms with Crippen molar-refractivity contribution in [3.63, 3.8) is 0 Å². The Hall–Kier alpha value is -1.22. The third-order valence-electron chi connectivity index (χ3n) is 2.31. The van der Waals surface area contributed by atoms with Crippen molar-refractivity contribution in [2.75, 3.05) is 7.05 Å².